The third-order valence-corrected chi connectivity index (χ3v) is 13.8. The smallest absolute Gasteiger partial charge is 0.326 e. The molecular weight excluding hydrogens is 1160 g/mol. The Hall–Kier alpha value is -8.11. The van der Waals surface area contributed by atoms with Crippen LogP contribution in [0.5, 0.6) is 5.75 Å². The van der Waals surface area contributed by atoms with Crippen LogP contribution in [0.1, 0.15) is 118 Å². The molecule has 0 aliphatic carbocycles. The number of carbonyl (C=O) groups excluding carboxylic acids is 12. The van der Waals surface area contributed by atoms with Gasteiger partial charge in [-0.15, -0.1) is 0 Å². The third-order valence-electron chi connectivity index (χ3n) is 13.8. The van der Waals surface area contributed by atoms with Crippen LogP contribution in [-0.4, -0.2) is 201 Å². The zero-order chi connectivity index (χ0) is 67.1. The molecule has 25 N–H and O–H groups in total. The van der Waals surface area contributed by atoms with Crippen LogP contribution in [0.15, 0.2) is 24.3 Å². The lowest BCUT2D eigenvalue weighted by Gasteiger charge is -2.30. The number of benzene rings is 1. The van der Waals surface area contributed by atoms with Crippen molar-refractivity contribution in [2.45, 2.75) is 198 Å². The van der Waals surface area contributed by atoms with Crippen molar-refractivity contribution in [2.24, 2.45) is 40.5 Å². The van der Waals surface area contributed by atoms with Gasteiger partial charge in [-0.1, -0.05) is 46.2 Å². The summed E-state index contributed by atoms with van der Waals surface area (Å²) >= 11 is 0. The van der Waals surface area contributed by atoms with Gasteiger partial charge in [-0.05, 0) is 108 Å². The van der Waals surface area contributed by atoms with Crippen LogP contribution in [0.3, 0.4) is 0 Å². The van der Waals surface area contributed by atoms with E-state index >= 15 is 0 Å². The number of carboxylic acid groups (broad SMARTS) is 1. The summed E-state index contributed by atoms with van der Waals surface area (Å²) < 4.78 is 0. The van der Waals surface area contributed by atoms with Gasteiger partial charge < -0.3 is 107 Å². The Morgan fingerprint density at radius 1 is 0.477 bits per heavy atom. The minimum absolute atomic E-state index is 0.0606. The van der Waals surface area contributed by atoms with Crippen molar-refractivity contribution in [1.29, 1.82) is 0 Å². The van der Waals surface area contributed by atoms with Gasteiger partial charge in [0.1, 0.15) is 72.2 Å². The van der Waals surface area contributed by atoms with Crippen LogP contribution in [0.25, 0.3) is 0 Å². The molecule has 0 spiro atoms. The number of aromatic hydroxyl groups is 1. The number of nitrogens with one attached hydrogen (secondary N) is 10. The molecule has 0 aliphatic heterocycles. The molecule has 14 atom stereocenters. The number of unbranched alkanes of at least 4 members (excludes halogenated alkanes) is 2. The fourth-order valence-corrected chi connectivity index (χ4v) is 8.48. The minimum atomic E-state index is -1.94. The summed E-state index contributed by atoms with van der Waals surface area (Å²) in [6.45, 7) is 9.77. The number of phenols is 1. The summed E-state index contributed by atoms with van der Waals surface area (Å²) in [6, 6.07) is -12.1. The highest BCUT2D eigenvalue weighted by atomic mass is 16.4. The molecule has 88 heavy (non-hydrogen) atoms. The first-order valence-corrected chi connectivity index (χ1v) is 29.0. The zero-order valence-electron chi connectivity index (χ0n) is 50.8. The number of primary amides is 2. The number of aliphatic carboxylic acids is 1. The van der Waals surface area contributed by atoms with Gasteiger partial charge in [-0.25, -0.2) is 4.79 Å². The number of carbonyl (C=O) groups is 13. The van der Waals surface area contributed by atoms with Crippen molar-refractivity contribution in [3.8, 4) is 5.75 Å². The molecular formula is C55H93N15O18. The predicted molar refractivity (Wildman–Crippen MR) is 315 cm³/mol. The van der Waals surface area contributed by atoms with E-state index in [0.29, 0.717) is 18.4 Å². The molecule has 0 saturated heterocycles. The normalized spacial score (nSPS) is 16.0. The van der Waals surface area contributed by atoms with E-state index in [1.54, 1.807) is 27.7 Å². The molecule has 0 heterocycles. The first-order chi connectivity index (χ1) is 41.2. The van der Waals surface area contributed by atoms with E-state index in [-0.39, 0.29) is 69.7 Å². The first-order valence-electron chi connectivity index (χ1n) is 29.0. The molecule has 496 valence electrons. The second-order valence-corrected chi connectivity index (χ2v) is 22.0. The van der Waals surface area contributed by atoms with Crippen molar-refractivity contribution in [3.63, 3.8) is 0 Å². The van der Waals surface area contributed by atoms with Gasteiger partial charge in [-0.2, -0.15) is 0 Å². The number of rotatable bonds is 42. The number of phenolic OH excluding ortho intramolecular Hbond substituents is 1. The predicted octanol–water partition coefficient (Wildman–Crippen LogP) is -6.93. The lowest BCUT2D eigenvalue weighted by molar-refractivity contribution is -0.144. The number of hydrogen-bond donors (Lipinski definition) is 20. The molecule has 33 nitrogen and oxygen atoms in total. The monoisotopic (exact) mass is 1250 g/mol. The van der Waals surface area contributed by atoms with E-state index in [0.717, 1.165) is 6.92 Å². The van der Waals surface area contributed by atoms with E-state index in [1.807, 2.05) is 0 Å². The molecule has 12 amide bonds. The van der Waals surface area contributed by atoms with Crippen molar-refractivity contribution < 1.29 is 87.9 Å². The van der Waals surface area contributed by atoms with Crippen LogP contribution in [0.2, 0.25) is 0 Å². The number of aliphatic hydroxyl groups excluding tert-OH is 3. The largest absolute Gasteiger partial charge is 0.508 e. The Bertz CT molecular complexity index is 2520. The second kappa shape index (κ2) is 39.6. The standard InChI is InChI=1S/C55H93N15O18/c1-8-27(4)42(68-48(80)35(14-10-12-20-57)62-47(79)34(13-9-11-19-56)63-53(85)43(29(6)72)69-45(77)28(5)61-46(78)33(58)25-71)52(84)70-44(30(7)73)54(86)66-38(23-40(59)75)51(83)65-37(22-31-15-17-32(74)18-16-31)50(82)64-36(21-26(2)3)49(81)67-39(55(87)88)24-41(60)76/h15-18,26-30,33-39,42-44,71-74H,8-14,19-25,56-58H2,1-7H3,(H2,59,75)(H2,60,76)(H,61,78)(H,62,79)(H,63,85)(H,64,82)(H,65,83)(H,66,86)(H,67,81)(H,68,80)(H,69,77)(H,70,84)(H,87,88)/t27-,28-,29+,30+,33-,34-,35-,36-,37-,38-,39-,42-,43-,44-/m0/s1. The number of aliphatic hydroxyl groups is 3. The SMILES string of the molecule is CC[C@H](C)[C@H](NC(=O)[C@H](CCCCN)NC(=O)[C@H](CCCCN)NC(=O)[C@@H](NC(=O)[C@H](C)NC(=O)[C@@H](N)CO)[C@@H](C)O)C(=O)N[C@H](C(=O)N[C@@H](CC(N)=O)C(=O)N[C@@H](Cc1ccc(O)cc1)C(=O)N[C@@H](CC(C)C)C(=O)N[C@@H](CC(N)=O)C(=O)O)[C@@H](C)O. The summed E-state index contributed by atoms with van der Waals surface area (Å²) in [5.41, 5.74) is 28.0. The summed E-state index contributed by atoms with van der Waals surface area (Å²) in [6.07, 6.45) is -4.13. The van der Waals surface area contributed by atoms with Crippen molar-refractivity contribution in [2.75, 3.05) is 19.7 Å². The molecule has 0 radical (unpaired) electrons. The zero-order valence-corrected chi connectivity index (χ0v) is 50.8. The Balaban J connectivity index is 3.61. The molecule has 0 unspecified atom stereocenters. The minimum Gasteiger partial charge on any atom is -0.508 e. The molecule has 1 aromatic rings. The van der Waals surface area contributed by atoms with Crippen LogP contribution >= 0.6 is 0 Å². The fraction of sp³-hybridized carbons (Fsp3) is 0.655. The van der Waals surface area contributed by atoms with Gasteiger partial charge in [0.2, 0.25) is 70.9 Å². The van der Waals surface area contributed by atoms with E-state index in [9.17, 15) is 87.9 Å². The van der Waals surface area contributed by atoms with Crippen LogP contribution in [0, 0.1) is 11.8 Å². The molecule has 0 aliphatic rings. The second-order valence-electron chi connectivity index (χ2n) is 22.0. The molecule has 0 aromatic heterocycles. The number of hydrogen-bond acceptors (Lipinski definition) is 20. The van der Waals surface area contributed by atoms with Crippen molar-refractivity contribution >= 4 is 76.9 Å². The Labute approximate surface area is 510 Å². The van der Waals surface area contributed by atoms with E-state index < -0.39 is 181 Å². The van der Waals surface area contributed by atoms with Crippen molar-refractivity contribution in [3.05, 3.63) is 29.8 Å². The maximum Gasteiger partial charge on any atom is 0.326 e. The quantitative estimate of drug-likeness (QED) is 0.0271. The maximum atomic E-state index is 14.3. The van der Waals surface area contributed by atoms with E-state index in [4.69, 9.17) is 28.7 Å². The van der Waals surface area contributed by atoms with Gasteiger partial charge in [0.05, 0.1) is 31.7 Å². The first kappa shape index (κ1) is 77.9. The fourth-order valence-electron chi connectivity index (χ4n) is 8.48. The molecule has 0 fully saturated rings. The Morgan fingerprint density at radius 2 is 0.864 bits per heavy atom. The molecule has 0 bridgehead atoms. The maximum absolute atomic E-state index is 14.3. The van der Waals surface area contributed by atoms with Crippen LogP contribution in [-0.2, 0) is 68.7 Å². The molecule has 1 rings (SSSR count). The van der Waals surface area contributed by atoms with Gasteiger partial charge in [0.25, 0.3) is 0 Å². The van der Waals surface area contributed by atoms with Crippen molar-refractivity contribution in [1.82, 2.24) is 53.2 Å². The summed E-state index contributed by atoms with van der Waals surface area (Å²) in [4.78, 5) is 174. The number of nitrogens with two attached hydrogens (primary N) is 5. The molecule has 0 saturated carbocycles. The number of carboxylic acids is 1. The third kappa shape index (κ3) is 28.2. The van der Waals surface area contributed by atoms with Gasteiger partial charge in [0.15, 0.2) is 0 Å². The van der Waals surface area contributed by atoms with Crippen LogP contribution < -0.4 is 81.8 Å². The van der Waals surface area contributed by atoms with Gasteiger partial charge in [0, 0.05) is 6.42 Å². The Morgan fingerprint density at radius 3 is 1.32 bits per heavy atom. The summed E-state index contributed by atoms with van der Waals surface area (Å²) in [5, 5.41) is 74.3. The highest BCUT2D eigenvalue weighted by molar-refractivity contribution is 6.00. The summed E-state index contributed by atoms with van der Waals surface area (Å²) in [7, 11) is 0. The highest BCUT2D eigenvalue weighted by Gasteiger charge is 2.39. The lowest BCUT2D eigenvalue weighted by atomic mass is 9.96. The average Bonchev–Trinajstić information content (AvgIpc) is 3.62. The summed E-state index contributed by atoms with van der Waals surface area (Å²) in [5.74, 6) is -15.3. The van der Waals surface area contributed by atoms with E-state index in [1.165, 1.54) is 38.1 Å². The van der Waals surface area contributed by atoms with Gasteiger partial charge >= 0.3 is 5.97 Å². The topological polar surface area (TPSA) is 573 Å². The highest BCUT2D eigenvalue weighted by Crippen LogP contribution is 2.16. The van der Waals surface area contributed by atoms with Gasteiger partial charge in [-0.3, -0.25) is 57.5 Å². The van der Waals surface area contributed by atoms with Crippen LogP contribution in [0.4, 0.5) is 0 Å². The molecule has 1 aromatic carbocycles. The lowest BCUT2D eigenvalue weighted by Crippen LogP contribution is -2.63. The molecule has 33 heteroatoms. The van der Waals surface area contributed by atoms with E-state index in [2.05, 4.69) is 53.2 Å². The average molecular weight is 1250 g/mol. The Kier molecular flexibility index (Phi) is 35.1. The number of amides is 12.